The number of H-pyrrole nitrogens is 2. The minimum atomic E-state index is -1.75. The van der Waals surface area contributed by atoms with Crippen LogP contribution in [0.15, 0.2) is 91.3 Å². The van der Waals surface area contributed by atoms with Crippen molar-refractivity contribution in [2.45, 2.75) is 68.7 Å². The quantitative estimate of drug-likeness (QED) is 0.0529. The van der Waals surface area contributed by atoms with Crippen LogP contribution in [0, 0.1) is 0 Å². The number of aromatic nitrogens is 2. The van der Waals surface area contributed by atoms with Crippen LogP contribution in [0.2, 0.25) is 0 Å². The van der Waals surface area contributed by atoms with Gasteiger partial charge < -0.3 is 52.9 Å². The summed E-state index contributed by atoms with van der Waals surface area (Å²) < 4.78 is 0. The molecular formula is C40H44N8O9. The third kappa shape index (κ3) is 11.3. The number of primary amides is 1. The standard InChI is InChI=1S/C40H44N8O9/c41-27(14-15-34(42)49)36(52)45-31(17-23-20-43-28-12-6-4-10-25(23)28)38(54)46-30(16-22-8-2-1-3-9-22)37(53)47-32(19-35(50)51)39(55)48-33(40(56)57)18-24-21-44-29-13-7-5-11-26(24)29/h1-13,20-21,27,30-33,43-44H,14-19,41H2,(H2,42,49)(H,45,52)(H,46,54)(H,47,53)(H,48,55)(H,50,51)(H,56,57)/t27-,30-,31-,32-,33-/m0/s1. The summed E-state index contributed by atoms with van der Waals surface area (Å²) in [6.45, 7) is 0. The van der Waals surface area contributed by atoms with E-state index in [1.165, 1.54) is 0 Å². The number of para-hydroxylation sites is 2. The van der Waals surface area contributed by atoms with Gasteiger partial charge in [-0.25, -0.2) is 4.79 Å². The number of aliphatic carboxylic acids is 2. The number of carbonyl (C=O) groups excluding carboxylic acids is 5. The Morgan fingerprint density at radius 3 is 1.58 bits per heavy atom. The Morgan fingerprint density at radius 1 is 0.579 bits per heavy atom. The van der Waals surface area contributed by atoms with Gasteiger partial charge in [-0.2, -0.15) is 0 Å². The SMILES string of the molecule is NC(=O)CC[C@H](N)C(=O)N[C@@H](Cc1c[nH]c2ccccc12)C(=O)N[C@@H](Cc1ccccc1)C(=O)N[C@@H](CC(=O)O)C(=O)N[C@@H](Cc1c[nH]c2ccccc12)C(=O)O. The fourth-order valence-corrected chi connectivity index (χ4v) is 6.42. The minimum absolute atomic E-state index is 0.0547. The van der Waals surface area contributed by atoms with E-state index in [1.807, 2.05) is 18.2 Å². The monoisotopic (exact) mass is 780 g/mol. The molecule has 0 radical (unpaired) electrons. The summed E-state index contributed by atoms with van der Waals surface area (Å²) in [5.74, 6) is -7.10. The van der Waals surface area contributed by atoms with Crippen LogP contribution in [0.1, 0.15) is 36.0 Å². The number of carboxylic acids is 2. The van der Waals surface area contributed by atoms with Crippen molar-refractivity contribution in [3.8, 4) is 0 Å². The highest BCUT2D eigenvalue weighted by atomic mass is 16.4. The maximum atomic E-state index is 14.1. The van der Waals surface area contributed by atoms with E-state index in [1.54, 1.807) is 73.1 Å². The van der Waals surface area contributed by atoms with Gasteiger partial charge in [-0.1, -0.05) is 66.7 Å². The van der Waals surface area contributed by atoms with E-state index < -0.39 is 78.1 Å². The van der Waals surface area contributed by atoms with Crippen LogP contribution in [0.4, 0.5) is 0 Å². The summed E-state index contributed by atoms with van der Waals surface area (Å²) in [6, 6.07) is 15.8. The van der Waals surface area contributed by atoms with Crippen molar-refractivity contribution in [1.29, 1.82) is 0 Å². The molecular weight excluding hydrogens is 736 g/mol. The highest BCUT2D eigenvalue weighted by Gasteiger charge is 2.33. The average Bonchev–Trinajstić information content (AvgIpc) is 3.79. The van der Waals surface area contributed by atoms with Crippen LogP contribution < -0.4 is 32.7 Å². The molecule has 0 unspecified atom stereocenters. The molecule has 5 rings (SSSR count). The number of fused-ring (bicyclic) bond motifs is 2. The molecule has 2 aromatic heterocycles. The molecule has 3 aromatic carbocycles. The van der Waals surface area contributed by atoms with Crippen molar-refractivity contribution in [2.75, 3.05) is 0 Å². The lowest BCUT2D eigenvalue weighted by Gasteiger charge is -2.26. The van der Waals surface area contributed by atoms with Crippen molar-refractivity contribution in [1.82, 2.24) is 31.2 Å². The lowest BCUT2D eigenvalue weighted by molar-refractivity contribution is -0.143. The predicted molar refractivity (Wildman–Crippen MR) is 208 cm³/mol. The number of nitrogens with one attached hydrogen (secondary N) is 6. The molecule has 0 saturated heterocycles. The predicted octanol–water partition coefficient (Wildman–Crippen LogP) is 0.768. The normalized spacial score (nSPS) is 13.8. The topological polar surface area (TPSA) is 292 Å². The van der Waals surface area contributed by atoms with E-state index in [-0.39, 0.29) is 32.1 Å². The molecule has 57 heavy (non-hydrogen) atoms. The van der Waals surface area contributed by atoms with Crippen LogP contribution in [0.25, 0.3) is 21.8 Å². The number of rotatable bonds is 20. The Kier molecular flexibility index (Phi) is 13.7. The van der Waals surface area contributed by atoms with Crippen LogP contribution >= 0.6 is 0 Å². The summed E-state index contributed by atoms with van der Waals surface area (Å²) in [5, 5.41) is 31.3. The first-order valence-electron chi connectivity index (χ1n) is 18.1. The first kappa shape index (κ1) is 41.2. The number of hydrogen-bond donors (Lipinski definition) is 10. The van der Waals surface area contributed by atoms with Gasteiger partial charge in [0.1, 0.15) is 24.2 Å². The van der Waals surface area contributed by atoms with E-state index in [2.05, 4.69) is 31.2 Å². The largest absolute Gasteiger partial charge is 0.481 e. The number of amides is 5. The molecule has 5 aromatic rings. The summed E-state index contributed by atoms with van der Waals surface area (Å²) >= 11 is 0. The van der Waals surface area contributed by atoms with Crippen LogP contribution in [-0.4, -0.2) is 91.9 Å². The van der Waals surface area contributed by atoms with Crippen molar-refractivity contribution < 1.29 is 43.8 Å². The Hall–Kier alpha value is -7.01. The lowest BCUT2D eigenvalue weighted by Crippen LogP contribution is -2.59. The lowest BCUT2D eigenvalue weighted by atomic mass is 10.0. The van der Waals surface area contributed by atoms with E-state index in [4.69, 9.17) is 11.5 Å². The molecule has 5 atom stereocenters. The zero-order chi connectivity index (χ0) is 41.1. The smallest absolute Gasteiger partial charge is 0.326 e. The number of nitrogens with two attached hydrogens (primary N) is 2. The molecule has 298 valence electrons. The molecule has 0 aliphatic carbocycles. The van der Waals surface area contributed by atoms with Crippen molar-refractivity contribution in [3.63, 3.8) is 0 Å². The van der Waals surface area contributed by atoms with Gasteiger partial charge in [-0.05, 0) is 35.2 Å². The van der Waals surface area contributed by atoms with Gasteiger partial charge in [0.15, 0.2) is 0 Å². The second kappa shape index (κ2) is 19.0. The zero-order valence-corrected chi connectivity index (χ0v) is 30.7. The molecule has 12 N–H and O–H groups in total. The maximum Gasteiger partial charge on any atom is 0.326 e. The molecule has 0 aliphatic heterocycles. The summed E-state index contributed by atoms with van der Waals surface area (Å²) in [6.07, 6.45) is 1.80. The molecule has 0 bridgehead atoms. The number of hydrogen-bond acceptors (Lipinski definition) is 8. The molecule has 0 aliphatic rings. The van der Waals surface area contributed by atoms with Crippen molar-refractivity contribution >= 4 is 63.3 Å². The molecule has 0 spiro atoms. The summed E-state index contributed by atoms with van der Waals surface area (Å²) in [7, 11) is 0. The van der Waals surface area contributed by atoms with Crippen LogP contribution in [0.5, 0.6) is 0 Å². The number of aromatic amines is 2. The third-order valence-corrected chi connectivity index (χ3v) is 9.41. The number of carboxylic acid groups (broad SMARTS) is 2. The van der Waals surface area contributed by atoms with Crippen molar-refractivity contribution in [2.24, 2.45) is 11.5 Å². The van der Waals surface area contributed by atoms with Crippen LogP contribution in [0.3, 0.4) is 0 Å². The Balaban J connectivity index is 1.38. The summed E-state index contributed by atoms with van der Waals surface area (Å²) in [5.41, 5.74) is 14.6. The van der Waals surface area contributed by atoms with Gasteiger partial charge in [0, 0.05) is 59.9 Å². The van der Waals surface area contributed by atoms with E-state index in [0.717, 1.165) is 21.8 Å². The van der Waals surface area contributed by atoms with E-state index in [0.29, 0.717) is 16.7 Å². The Morgan fingerprint density at radius 2 is 1.04 bits per heavy atom. The molecule has 17 nitrogen and oxygen atoms in total. The van der Waals surface area contributed by atoms with Gasteiger partial charge in [-0.15, -0.1) is 0 Å². The van der Waals surface area contributed by atoms with Gasteiger partial charge in [0.05, 0.1) is 12.5 Å². The van der Waals surface area contributed by atoms with Gasteiger partial charge in [0.2, 0.25) is 29.5 Å². The Labute approximate surface area is 325 Å². The molecule has 0 saturated carbocycles. The fraction of sp³-hybridized carbons (Fsp3) is 0.275. The maximum absolute atomic E-state index is 14.1. The van der Waals surface area contributed by atoms with Crippen molar-refractivity contribution in [3.05, 3.63) is 108 Å². The fourth-order valence-electron chi connectivity index (χ4n) is 6.42. The van der Waals surface area contributed by atoms with Gasteiger partial charge >= 0.3 is 11.9 Å². The highest BCUT2D eigenvalue weighted by molar-refractivity contribution is 5.97. The first-order chi connectivity index (χ1) is 27.3. The minimum Gasteiger partial charge on any atom is -0.481 e. The van der Waals surface area contributed by atoms with E-state index in [9.17, 15) is 43.8 Å². The van der Waals surface area contributed by atoms with E-state index >= 15 is 0 Å². The zero-order valence-electron chi connectivity index (χ0n) is 30.7. The molecule has 5 amide bonds. The second-order valence-corrected chi connectivity index (χ2v) is 13.6. The number of carbonyl (C=O) groups is 7. The second-order valence-electron chi connectivity index (χ2n) is 13.6. The molecule has 17 heteroatoms. The average molecular weight is 781 g/mol. The first-order valence-corrected chi connectivity index (χ1v) is 18.1. The van der Waals surface area contributed by atoms with Crippen LogP contribution in [-0.2, 0) is 52.8 Å². The molecule has 2 heterocycles. The highest BCUT2D eigenvalue weighted by Crippen LogP contribution is 2.21. The molecule has 0 fully saturated rings. The van der Waals surface area contributed by atoms with Gasteiger partial charge in [0.25, 0.3) is 0 Å². The van der Waals surface area contributed by atoms with Gasteiger partial charge in [-0.3, -0.25) is 28.8 Å². The third-order valence-electron chi connectivity index (χ3n) is 9.41. The number of benzene rings is 3. The summed E-state index contributed by atoms with van der Waals surface area (Å²) in [4.78, 5) is 96.6. The Bertz CT molecular complexity index is 2250.